The highest BCUT2D eigenvalue weighted by Gasteiger charge is 2.30. The predicted molar refractivity (Wildman–Crippen MR) is 131 cm³/mol. The third-order valence-electron chi connectivity index (χ3n) is 5.76. The lowest BCUT2D eigenvalue weighted by Gasteiger charge is -2.14. The van der Waals surface area contributed by atoms with Gasteiger partial charge in [0, 0.05) is 48.1 Å². The molecule has 0 radical (unpaired) electrons. The van der Waals surface area contributed by atoms with Gasteiger partial charge in [0.2, 0.25) is 0 Å². The molecule has 1 saturated carbocycles. The van der Waals surface area contributed by atoms with Crippen LogP contribution in [-0.2, 0) is 4.74 Å². The van der Waals surface area contributed by atoms with E-state index >= 15 is 0 Å². The van der Waals surface area contributed by atoms with Crippen LogP contribution in [0.3, 0.4) is 0 Å². The largest absolute Gasteiger partial charge is 0.507 e. The maximum Gasteiger partial charge on any atom is 0.407 e. The maximum atomic E-state index is 11.9. The number of anilines is 2. The first-order valence-electron chi connectivity index (χ1n) is 11.6. The molecule has 1 aliphatic rings. The first kappa shape index (κ1) is 24.8. The van der Waals surface area contributed by atoms with Crippen molar-refractivity contribution in [1.82, 2.24) is 20.5 Å². The Morgan fingerprint density at radius 1 is 1.19 bits per heavy atom. The fourth-order valence-corrected chi connectivity index (χ4v) is 4.07. The molecule has 1 aromatic carbocycles. The second kappa shape index (κ2) is 11.0. The number of aromatic hydroxyl groups is 1. The lowest BCUT2D eigenvalue weighted by Crippen LogP contribution is -2.33. The monoisotopic (exact) mass is 495 g/mol. The number of ether oxygens (including phenoxy) is 3. The molecule has 0 spiro atoms. The Balaban J connectivity index is 1.40. The molecule has 3 aromatic rings. The van der Waals surface area contributed by atoms with Crippen molar-refractivity contribution in [2.75, 3.05) is 12.4 Å². The number of phenolic OH excluding ortho intramolecular Hbond substituents is 1. The molecule has 4 N–H and O–H groups in total. The van der Waals surface area contributed by atoms with Gasteiger partial charge in [0.15, 0.2) is 12.1 Å². The minimum Gasteiger partial charge on any atom is -0.507 e. The zero-order valence-corrected chi connectivity index (χ0v) is 20.3. The third kappa shape index (κ3) is 6.04. The number of aromatic amines is 1. The van der Waals surface area contributed by atoms with Crippen molar-refractivity contribution in [2.24, 2.45) is 0 Å². The minimum absolute atomic E-state index is 0.0135. The molecule has 1 fully saturated rings. The van der Waals surface area contributed by atoms with Crippen molar-refractivity contribution in [3.8, 4) is 23.0 Å². The highest BCUT2D eigenvalue weighted by molar-refractivity contribution is 5.84. The van der Waals surface area contributed by atoms with Crippen LogP contribution in [0.4, 0.5) is 16.4 Å². The van der Waals surface area contributed by atoms with E-state index in [2.05, 4.69) is 25.8 Å². The van der Waals surface area contributed by atoms with Crippen LogP contribution in [0, 0.1) is 0 Å². The summed E-state index contributed by atoms with van der Waals surface area (Å²) in [6.07, 6.45) is 3.95. The van der Waals surface area contributed by atoms with E-state index in [1.165, 1.54) is 19.2 Å². The summed E-state index contributed by atoms with van der Waals surface area (Å²) in [6.45, 7) is 3.78. The molecule has 36 heavy (non-hydrogen) atoms. The normalized spacial score (nSPS) is 17.0. The zero-order valence-electron chi connectivity index (χ0n) is 20.3. The van der Waals surface area contributed by atoms with Gasteiger partial charge in [-0.25, -0.2) is 9.78 Å². The molecular formula is C25H29N5O6. The van der Waals surface area contributed by atoms with Crippen LogP contribution in [0.5, 0.6) is 23.0 Å². The molecule has 11 nitrogen and oxygen atoms in total. The van der Waals surface area contributed by atoms with Crippen molar-refractivity contribution >= 4 is 24.0 Å². The Hall–Kier alpha value is -4.28. The van der Waals surface area contributed by atoms with E-state index in [1.807, 2.05) is 19.9 Å². The number of nitrogens with one attached hydrogen (secondary N) is 3. The van der Waals surface area contributed by atoms with Gasteiger partial charge in [-0.1, -0.05) is 0 Å². The van der Waals surface area contributed by atoms with E-state index < -0.39 is 0 Å². The van der Waals surface area contributed by atoms with Crippen molar-refractivity contribution in [3.63, 3.8) is 0 Å². The quantitative estimate of drug-likeness (QED) is 0.312. The number of carbonyl (C=O) groups is 2. The number of aldehydes is 1. The number of alkyl carbamates (subject to hydrolysis) is 1. The van der Waals surface area contributed by atoms with E-state index in [9.17, 15) is 14.7 Å². The van der Waals surface area contributed by atoms with Crippen LogP contribution >= 0.6 is 0 Å². The Bertz CT molecular complexity index is 1230. The number of aromatic nitrogens is 3. The lowest BCUT2D eigenvalue weighted by atomic mass is 10.0. The Morgan fingerprint density at radius 3 is 2.78 bits per heavy atom. The second-order valence-corrected chi connectivity index (χ2v) is 8.82. The molecule has 0 saturated heterocycles. The molecule has 2 atom stereocenters. The Labute approximate surface area is 208 Å². The van der Waals surface area contributed by atoms with Crippen molar-refractivity contribution in [1.29, 1.82) is 0 Å². The number of amides is 1. The SMILES string of the molecule is COc1cc(O)c(C=O)c(Oc2ccnc(Nc3cc([C@H]4CC[C@@H](OC(=O)NC(C)C)C4)[nH]n3)c2)c1. The Kier molecular flexibility index (Phi) is 7.57. The Morgan fingerprint density at radius 2 is 2.03 bits per heavy atom. The van der Waals surface area contributed by atoms with Crippen LogP contribution in [0.25, 0.3) is 0 Å². The average Bonchev–Trinajstić information content (AvgIpc) is 3.48. The van der Waals surface area contributed by atoms with Gasteiger partial charge in [0.05, 0.1) is 12.7 Å². The zero-order chi connectivity index (χ0) is 25.7. The summed E-state index contributed by atoms with van der Waals surface area (Å²) < 4.78 is 16.5. The molecule has 2 aromatic heterocycles. The number of hydrogen-bond acceptors (Lipinski definition) is 9. The number of benzene rings is 1. The molecular weight excluding hydrogens is 466 g/mol. The highest BCUT2D eigenvalue weighted by Crippen LogP contribution is 2.37. The minimum atomic E-state index is -0.389. The number of nitrogens with zero attached hydrogens (tertiary/aromatic N) is 2. The van der Waals surface area contributed by atoms with Crippen LogP contribution < -0.4 is 20.1 Å². The summed E-state index contributed by atoms with van der Waals surface area (Å²) in [7, 11) is 1.45. The molecule has 2 heterocycles. The van der Waals surface area contributed by atoms with Gasteiger partial charge in [0.25, 0.3) is 0 Å². The van der Waals surface area contributed by atoms with Gasteiger partial charge in [-0.3, -0.25) is 9.89 Å². The molecule has 0 bridgehead atoms. The van der Waals surface area contributed by atoms with Crippen LogP contribution in [-0.4, -0.2) is 51.9 Å². The average molecular weight is 496 g/mol. The fraction of sp³-hybridized carbons (Fsp3) is 0.360. The number of phenols is 1. The van der Waals surface area contributed by atoms with Gasteiger partial charge < -0.3 is 30.0 Å². The topological polar surface area (TPSA) is 148 Å². The molecule has 4 rings (SSSR count). The van der Waals surface area contributed by atoms with Crippen LogP contribution in [0.2, 0.25) is 0 Å². The van der Waals surface area contributed by atoms with Crippen molar-refractivity contribution < 1.29 is 28.9 Å². The maximum absolute atomic E-state index is 11.9. The van der Waals surface area contributed by atoms with Gasteiger partial charge >= 0.3 is 6.09 Å². The second-order valence-electron chi connectivity index (χ2n) is 8.82. The molecule has 11 heteroatoms. The number of methoxy groups -OCH3 is 1. The predicted octanol–water partition coefficient (Wildman–Crippen LogP) is 4.64. The lowest BCUT2D eigenvalue weighted by molar-refractivity contribution is 0.0981. The molecule has 0 unspecified atom stereocenters. The fourth-order valence-electron chi connectivity index (χ4n) is 4.07. The summed E-state index contributed by atoms with van der Waals surface area (Å²) >= 11 is 0. The number of carbonyl (C=O) groups excluding carboxylic acids is 2. The first-order chi connectivity index (χ1) is 17.3. The van der Waals surface area contributed by atoms with Gasteiger partial charge in [-0.15, -0.1) is 0 Å². The summed E-state index contributed by atoms with van der Waals surface area (Å²) in [5.41, 5.74) is 0.961. The number of rotatable bonds is 9. The smallest absolute Gasteiger partial charge is 0.407 e. The van der Waals surface area contributed by atoms with Gasteiger partial charge in [-0.2, -0.15) is 5.10 Å². The highest BCUT2D eigenvalue weighted by atomic mass is 16.6. The van der Waals surface area contributed by atoms with Gasteiger partial charge in [0.1, 0.15) is 34.9 Å². The van der Waals surface area contributed by atoms with E-state index in [4.69, 9.17) is 14.2 Å². The molecule has 1 aliphatic carbocycles. The van der Waals surface area contributed by atoms with Gasteiger partial charge in [-0.05, 0) is 39.2 Å². The number of H-pyrrole nitrogens is 1. The van der Waals surface area contributed by atoms with E-state index in [0.717, 1.165) is 25.0 Å². The van der Waals surface area contributed by atoms with Crippen LogP contribution in [0.15, 0.2) is 36.5 Å². The molecule has 0 aliphatic heterocycles. The summed E-state index contributed by atoms with van der Waals surface area (Å²) in [4.78, 5) is 27.6. The third-order valence-corrected chi connectivity index (χ3v) is 5.76. The van der Waals surface area contributed by atoms with Crippen LogP contribution in [0.1, 0.15) is 55.1 Å². The van der Waals surface area contributed by atoms with Crippen molar-refractivity contribution in [2.45, 2.75) is 51.2 Å². The number of hydrogen-bond donors (Lipinski definition) is 4. The molecule has 1 amide bonds. The summed E-state index contributed by atoms with van der Waals surface area (Å²) in [6, 6.07) is 8.06. The number of pyridine rings is 1. The van der Waals surface area contributed by atoms with E-state index in [1.54, 1.807) is 18.3 Å². The van der Waals surface area contributed by atoms with Crippen molar-refractivity contribution in [3.05, 3.63) is 47.8 Å². The summed E-state index contributed by atoms with van der Waals surface area (Å²) in [5.74, 6) is 1.92. The summed E-state index contributed by atoms with van der Waals surface area (Å²) in [5, 5.41) is 23.3. The first-order valence-corrected chi connectivity index (χ1v) is 11.6. The molecule has 190 valence electrons. The van der Waals surface area contributed by atoms with E-state index in [-0.39, 0.29) is 41.2 Å². The van der Waals surface area contributed by atoms with E-state index in [0.29, 0.717) is 29.4 Å². The standard InChI is InChI=1S/C25H29N5O6/c1-14(2)27-25(33)36-16-5-4-15(8-16)20-12-24(30-29-20)28-23-11-17(6-7-26-23)35-22-10-18(34-3)9-21(32)19(22)13-31/h6-7,9-16,32H,4-5,8H2,1-3H3,(H,27,33)(H2,26,28,29,30)/t15-,16+/m0/s1.